The van der Waals surface area contributed by atoms with Gasteiger partial charge in [-0.25, -0.2) is 4.98 Å². The third-order valence-electron chi connectivity index (χ3n) is 5.27. The smallest absolute Gasteiger partial charge is 0.259 e. The second-order valence-corrected chi connectivity index (χ2v) is 9.29. The summed E-state index contributed by atoms with van der Waals surface area (Å²) in [5, 5.41) is 4.75. The lowest BCUT2D eigenvalue weighted by Gasteiger charge is -2.16. The second kappa shape index (κ2) is 8.46. The predicted molar refractivity (Wildman–Crippen MR) is 118 cm³/mol. The highest BCUT2D eigenvalue weighted by molar-refractivity contribution is 7.18. The number of nitrogens with zero attached hydrogens (tertiary/aromatic N) is 1. The van der Waals surface area contributed by atoms with Gasteiger partial charge in [-0.2, -0.15) is 0 Å². The summed E-state index contributed by atoms with van der Waals surface area (Å²) in [5.41, 5.74) is 1.88. The molecule has 0 aliphatic heterocycles. The zero-order valence-electron chi connectivity index (χ0n) is 16.0. The zero-order chi connectivity index (χ0) is 20.5. The standard InChI is InChI=1S/C21H21Cl2N3O2S/c1-11(13-7-6-12(22)10-15(13)23)24-18(27)9-8-17-25-20(28)19-14-4-2-3-5-16(14)29-21(19)26-17/h6-7,10-11H,2-5,8-9H2,1H3,(H,24,27)(H,25,26,28)/t11-/m1/s1. The second-order valence-electron chi connectivity index (χ2n) is 7.36. The highest BCUT2D eigenvalue weighted by Gasteiger charge is 2.20. The molecular weight excluding hydrogens is 429 g/mol. The first-order valence-electron chi connectivity index (χ1n) is 9.70. The van der Waals surface area contributed by atoms with Gasteiger partial charge in [0, 0.05) is 27.8 Å². The van der Waals surface area contributed by atoms with Gasteiger partial charge in [0.2, 0.25) is 5.91 Å². The Labute approximate surface area is 182 Å². The minimum Gasteiger partial charge on any atom is -0.350 e. The molecule has 29 heavy (non-hydrogen) atoms. The molecule has 0 fully saturated rings. The Morgan fingerprint density at radius 2 is 2.10 bits per heavy atom. The summed E-state index contributed by atoms with van der Waals surface area (Å²) in [5.74, 6) is 0.421. The quantitative estimate of drug-likeness (QED) is 0.576. The maximum absolute atomic E-state index is 12.6. The molecule has 0 unspecified atom stereocenters. The number of aryl methyl sites for hydroxylation is 3. The molecule has 0 radical (unpaired) electrons. The predicted octanol–water partition coefficient (Wildman–Crippen LogP) is 4.98. The van der Waals surface area contributed by atoms with Crippen LogP contribution in [-0.2, 0) is 24.1 Å². The number of rotatable bonds is 5. The summed E-state index contributed by atoms with van der Waals surface area (Å²) >= 11 is 13.8. The largest absolute Gasteiger partial charge is 0.350 e. The van der Waals surface area contributed by atoms with Crippen molar-refractivity contribution in [3.63, 3.8) is 0 Å². The number of carbonyl (C=O) groups excluding carboxylic acids is 1. The van der Waals surface area contributed by atoms with Gasteiger partial charge in [-0.05, 0) is 55.9 Å². The van der Waals surface area contributed by atoms with Crippen molar-refractivity contribution in [2.75, 3.05) is 0 Å². The molecule has 4 rings (SSSR count). The van der Waals surface area contributed by atoms with E-state index in [0.29, 0.717) is 22.3 Å². The van der Waals surface area contributed by atoms with Crippen molar-refractivity contribution in [3.05, 3.63) is 60.4 Å². The number of hydrogen-bond acceptors (Lipinski definition) is 4. The Morgan fingerprint density at radius 3 is 2.90 bits per heavy atom. The molecule has 1 aromatic carbocycles. The molecule has 0 saturated heterocycles. The minimum absolute atomic E-state index is 0.0916. The fourth-order valence-electron chi connectivity index (χ4n) is 3.80. The Balaban J connectivity index is 1.44. The van der Waals surface area contributed by atoms with E-state index in [0.717, 1.165) is 35.0 Å². The first-order valence-corrected chi connectivity index (χ1v) is 11.3. The molecule has 1 amide bonds. The van der Waals surface area contributed by atoms with Crippen LogP contribution < -0.4 is 10.9 Å². The van der Waals surface area contributed by atoms with E-state index < -0.39 is 0 Å². The SMILES string of the molecule is C[C@@H](NC(=O)CCc1nc2sc3c(c2c(=O)[nH]1)CCCC3)c1ccc(Cl)cc1Cl. The van der Waals surface area contributed by atoms with Crippen molar-refractivity contribution in [2.45, 2.75) is 51.5 Å². The number of carbonyl (C=O) groups is 1. The molecule has 0 spiro atoms. The molecule has 2 heterocycles. The molecular formula is C21H21Cl2N3O2S. The summed E-state index contributed by atoms with van der Waals surface area (Å²) in [6, 6.07) is 4.97. The number of fused-ring (bicyclic) bond motifs is 3. The van der Waals surface area contributed by atoms with E-state index in [9.17, 15) is 9.59 Å². The third-order valence-corrected chi connectivity index (χ3v) is 7.02. The molecule has 1 aliphatic rings. The average molecular weight is 450 g/mol. The molecule has 0 bridgehead atoms. The average Bonchev–Trinajstić information content (AvgIpc) is 3.05. The van der Waals surface area contributed by atoms with Crippen molar-refractivity contribution in [1.82, 2.24) is 15.3 Å². The maximum Gasteiger partial charge on any atom is 0.259 e. The maximum atomic E-state index is 12.6. The number of amides is 1. The number of thiophene rings is 1. The number of nitrogens with one attached hydrogen (secondary N) is 2. The van der Waals surface area contributed by atoms with Crippen LogP contribution >= 0.6 is 34.5 Å². The topological polar surface area (TPSA) is 74.8 Å². The highest BCUT2D eigenvalue weighted by Crippen LogP contribution is 2.33. The van der Waals surface area contributed by atoms with Gasteiger partial charge in [0.05, 0.1) is 11.4 Å². The normalized spacial score (nSPS) is 14.6. The van der Waals surface area contributed by atoms with Crippen molar-refractivity contribution in [3.8, 4) is 0 Å². The van der Waals surface area contributed by atoms with Crippen LogP contribution in [0.4, 0.5) is 0 Å². The van der Waals surface area contributed by atoms with Crippen LogP contribution in [0.25, 0.3) is 10.2 Å². The fraction of sp³-hybridized carbons (Fsp3) is 0.381. The van der Waals surface area contributed by atoms with E-state index in [4.69, 9.17) is 23.2 Å². The van der Waals surface area contributed by atoms with Crippen LogP contribution in [0.5, 0.6) is 0 Å². The van der Waals surface area contributed by atoms with E-state index in [1.165, 1.54) is 16.9 Å². The molecule has 5 nitrogen and oxygen atoms in total. The highest BCUT2D eigenvalue weighted by atomic mass is 35.5. The van der Waals surface area contributed by atoms with Crippen LogP contribution in [0.15, 0.2) is 23.0 Å². The van der Waals surface area contributed by atoms with Crippen LogP contribution in [-0.4, -0.2) is 15.9 Å². The van der Waals surface area contributed by atoms with Gasteiger partial charge in [-0.15, -0.1) is 11.3 Å². The summed E-state index contributed by atoms with van der Waals surface area (Å²) < 4.78 is 0. The molecule has 152 valence electrons. The third kappa shape index (κ3) is 4.34. The van der Waals surface area contributed by atoms with E-state index in [1.54, 1.807) is 29.5 Å². The van der Waals surface area contributed by atoms with Gasteiger partial charge in [0.25, 0.3) is 5.56 Å². The Kier molecular flexibility index (Phi) is 5.95. The van der Waals surface area contributed by atoms with Gasteiger partial charge in [0.15, 0.2) is 0 Å². The van der Waals surface area contributed by atoms with Crippen molar-refractivity contribution in [2.24, 2.45) is 0 Å². The van der Waals surface area contributed by atoms with Gasteiger partial charge < -0.3 is 10.3 Å². The van der Waals surface area contributed by atoms with Gasteiger partial charge in [0.1, 0.15) is 10.7 Å². The molecule has 0 saturated carbocycles. The molecule has 2 N–H and O–H groups in total. The summed E-state index contributed by atoms with van der Waals surface area (Å²) in [4.78, 5) is 34.5. The minimum atomic E-state index is -0.245. The number of aromatic nitrogens is 2. The molecule has 8 heteroatoms. The lowest BCUT2D eigenvalue weighted by Crippen LogP contribution is -2.27. The van der Waals surface area contributed by atoms with E-state index in [2.05, 4.69) is 15.3 Å². The number of hydrogen-bond donors (Lipinski definition) is 2. The fourth-order valence-corrected chi connectivity index (χ4v) is 5.66. The summed E-state index contributed by atoms with van der Waals surface area (Å²) in [6.07, 6.45) is 4.87. The number of halogens is 2. The monoisotopic (exact) mass is 449 g/mol. The first-order chi connectivity index (χ1) is 13.9. The van der Waals surface area contributed by atoms with Crippen LogP contribution in [0.1, 0.15) is 54.1 Å². The summed E-state index contributed by atoms with van der Waals surface area (Å²) in [7, 11) is 0. The number of benzene rings is 1. The van der Waals surface area contributed by atoms with Crippen molar-refractivity contribution in [1.29, 1.82) is 0 Å². The Morgan fingerprint density at radius 1 is 1.31 bits per heavy atom. The number of H-pyrrole nitrogens is 1. The lowest BCUT2D eigenvalue weighted by atomic mass is 9.97. The van der Waals surface area contributed by atoms with Gasteiger partial charge in [-0.1, -0.05) is 29.3 Å². The van der Waals surface area contributed by atoms with Crippen molar-refractivity contribution < 1.29 is 4.79 Å². The molecule has 1 aliphatic carbocycles. The van der Waals surface area contributed by atoms with Crippen LogP contribution in [0.3, 0.4) is 0 Å². The lowest BCUT2D eigenvalue weighted by molar-refractivity contribution is -0.121. The zero-order valence-corrected chi connectivity index (χ0v) is 18.3. The molecule has 1 atom stereocenters. The Hall–Kier alpha value is -1.89. The van der Waals surface area contributed by atoms with Gasteiger partial charge in [-0.3, -0.25) is 9.59 Å². The first kappa shape index (κ1) is 20.4. The van der Waals surface area contributed by atoms with E-state index >= 15 is 0 Å². The van der Waals surface area contributed by atoms with Crippen LogP contribution in [0, 0.1) is 0 Å². The van der Waals surface area contributed by atoms with Crippen molar-refractivity contribution >= 4 is 50.7 Å². The van der Waals surface area contributed by atoms with Crippen LogP contribution in [0.2, 0.25) is 10.0 Å². The molecule has 3 aromatic rings. The number of aromatic amines is 1. The van der Waals surface area contributed by atoms with Gasteiger partial charge >= 0.3 is 0 Å². The molecule has 2 aromatic heterocycles. The summed E-state index contributed by atoms with van der Waals surface area (Å²) in [6.45, 7) is 1.87. The Bertz CT molecular complexity index is 1140. The van der Waals surface area contributed by atoms with E-state index in [-0.39, 0.29) is 23.9 Å². The van der Waals surface area contributed by atoms with E-state index in [1.807, 2.05) is 6.92 Å².